The number of likely N-dealkylation sites (N-methyl/N-ethyl adjacent to an activating group) is 1. The van der Waals surface area contributed by atoms with E-state index in [2.05, 4.69) is 50.3 Å². The molecule has 0 aliphatic carbocycles. The molecule has 0 aliphatic heterocycles. The molecule has 0 fully saturated rings. The van der Waals surface area contributed by atoms with Crippen LogP contribution in [-0.2, 0) is 28.6 Å². The Labute approximate surface area is 287 Å². The molecule has 1 N–H and O–H groups in total. The van der Waals surface area contributed by atoms with E-state index in [0.29, 0.717) is 19.3 Å². The first kappa shape index (κ1) is 44.5. The summed E-state index contributed by atoms with van der Waals surface area (Å²) < 4.78 is 17.1. The van der Waals surface area contributed by atoms with Gasteiger partial charge in [-0.3, -0.25) is 9.59 Å². The Morgan fingerprint density at radius 3 is 1.83 bits per heavy atom. The minimum absolute atomic E-state index is 0.0475. The van der Waals surface area contributed by atoms with Gasteiger partial charge in [-0.2, -0.15) is 0 Å². The average Bonchev–Trinajstić information content (AvgIpc) is 3.01. The zero-order valence-electron chi connectivity index (χ0n) is 30.7. The minimum Gasteiger partial charge on any atom is -0.477 e. The van der Waals surface area contributed by atoms with E-state index in [1.165, 1.54) is 51.4 Å². The summed E-state index contributed by atoms with van der Waals surface area (Å²) in [5.41, 5.74) is 0. The maximum absolute atomic E-state index is 12.6. The number of nitrogens with zero attached hydrogens (tertiary/aromatic N) is 1. The van der Waals surface area contributed by atoms with Gasteiger partial charge in [0.1, 0.15) is 6.61 Å². The van der Waals surface area contributed by atoms with Crippen molar-refractivity contribution in [3.05, 3.63) is 36.5 Å². The fraction of sp³-hybridized carbons (Fsp3) is 0.769. The Bertz CT molecular complexity index is 875. The molecule has 0 spiro atoms. The number of carboxylic acids is 1. The maximum Gasteiger partial charge on any atom is 0.362 e. The highest BCUT2D eigenvalue weighted by atomic mass is 16.6. The van der Waals surface area contributed by atoms with Crippen LogP contribution >= 0.6 is 0 Å². The molecule has 0 amide bonds. The van der Waals surface area contributed by atoms with Gasteiger partial charge in [0.15, 0.2) is 12.1 Å². The second-order valence-electron chi connectivity index (χ2n) is 13.4. The molecule has 0 bridgehead atoms. The van der Waals surface area contributed by atoms with Crippen LogP contribution in [0.25, 0.3) is 0 Å². The van der Waals surface area contributed by atoms with Crippen LogP contribution in [-0.4, -0.2) is 80.6 Å². The van der Waals surface area contributed by atoms with Crippen LogP contribution in [0.1, 0.15) is 142 Å². The molecule has 0 aliphatic rings. The van der Waals surface area contributed by atoms with Crippen LogP contribution in [0.2, 0.25) is 0 Å². The Balaban J connectivity index is 4.44. The van der Waals surface area contributed by atoms with Crippen LogP contribution in [0.4, 0.5) is 0 Å². The third-order valence-corrected chi connectivity index (χ3v) is 8.02. The minimum atomic E-state index is -0.882. The SMILES string of the molecule is CC/C=C/C/C=C/CCCCCCCCCC(=O)OCC(COCCC(C(=O)O)[N+](C)(C)C)OC(=O)CCC/C=C/CCCCCC. The van der Waals surface area contributed by atoms with Crippen molar-refractivity contribution in [2.24, 2.45) is 0 Å². The molecule has 0 heterocycles. The van der Waals surface area contributed by atoms with E-state index >= 15 is 0 Å². The van der Waals surface area contributed by atoms with Crippen LogP contribution in [0.5, 0.6) is 0 Å². The van der Waals surface area contributed by atoms with Gasteiger partial charge in [0, 0.05) is 19.3 Å². The van der Waals surface area contributed by atoms with Crippen molar-refractivity contribution in [3.8, 4) is 0 Å². The Kier molecular flexibility index (Phi) is 29.2. The van der Waals surface area contributed by atoms with Crippen molar-refractivity contribution in [1.82, 2.24) is 0 Å². The largest absolute Gasteiger partial charge is 0.477 e. The molecule has 2 unspecified atom stereocenters. The molecule has 272 valence electrons. The van der Waals surface area contributed by atoms with Gasteiger partial charge in [0.2, 0.25) is 0 Å². The predicted molar refractivity (Wildman–Crippen MR) is 192 cm³/mol. The number of hydrogen-bond donors (Lipinski definition) is 1. The van der Waals surface area contributed by atoms with E-state index in [9.17, 15) is 19.5 Å². The van der Waals surface area contributed by atoms with Crippen molar-refractivity contribution >= 4 is 17.9 Å². The summed E-state index contributed by atoms with van der Waals surface area (Å²) in [4.78, 5) is 36.6. The van der Waals surface area contributed by atoms with E-state index in [1.54, 1.807) is 0 Å². The summed E-state index contributed by atoms with van der Waals surface area (Å²) in [7, 11) is 5.50. The normalized spacial score (nSPS) is 13.5. The van der Waals surface area contributed by atoms with Crippen molar-refractivity contribution in [2.45, 2.75) is 154 Å². The first-order chi connectivity index (χ1) is 22.6. The molecule has 0 aromatic heterocycles. The van der Waals surface area contributed by atoms with Crippen molar-refractivity contribution < 1.29 is 38.2 Å². The summed E-state index contributed by atoms with van der Waals surface area (Å²) in [6.07, 6.45) is 32.0. The number of esters is 2. The lowest BCUT2D eigenvalue weighted by Gasteiger charge is -2.31. The van der Waals surface area contributed by atoms with Crippen LogP contribution < -0.4 is 0 Å². The number of hydrogen-bond acceptors (Lipinski definition) is 6. The molecule has 0 aromatic rings. The summed E-state index contributed by atoms with van der Waals surface area (Å²) in [6, 6.07) is -0.617. The fourth-order valence-electron chi connectivity index (χ4n) is 5.13. The number of carbonyl (C=O) groups is 3. The number of aliphatic carboxylic acids is 1. The number of rotatable bonds is 32. The molecule has 0 aromatic carbocycles. The molecule has 8 heteroatoms. The third-order valence-electron chi connectivity index (χ3n) is 8.02. The zero-order valence-corrected chi connectivity index (χ0v) is 30.7. The van der Waals surface area contributed by atoms with Gasteiger partial charge in [-0.05, 0) is 57.8 Å². The highest BCUT2D eigenvalue weighted by Crippen LogP contribution is 2.12. The standard InChI is InChI=1S/C39H69NO7/c1-6-8-10-12-14-16-17-18-19-20-22-23-25-27-29-37(41)46-34-35(33-45-32-31-36(39(43)44)40(3,4)5)47-38(42)30-28-26-24-21-15-13-11-9-7-2/h8,10,14,16,21,24,35-36H,6-7,9,11-13,15,17-20,22-23,25-34H2,1-5H3/p+1/b10-8+,16-14+,24-21+. The first-order valence-corrected chi connectivity index (χ1v) is 18.5. The Morgan fingerprint density at radius 2 is 1.21 bits per heavy atom. The number of quaternary nitrogens is 1. The maximum atomic E-state index is 12.6. The second kappa shape index (κ2) is 30.9. The second-order valence-corrected chi connectivity index (χ2v) is 13.4. The molecular formula is C39H70NO7+. The summed E-state index contributed by atoms with van der Waals surface area (Å²) in [5.74, 6) is -1.53. The highest BCUT2D eigenvalue weighted by molar-refractivity contribution is 5.72. The fourth-order valence-corrected chi connectivity index (χ4v) is 5.13. The van der Waals surface area contributed by atoms with Crippen LogP contribution in [0.3, 0.4) is 0 Å². The zero-order chi connectivity index (χ0) is 35.0. The third kappa shape index (κ3) is 29.4. The number of unbranched alkanes of at least 4 members (excludes halogenated alkanes) is 12. The smallest absolute Gasteiger partial charge is 0.362 e. The van der Waals surface area contributed by atoms with Gasteiger partial charge >= 0.3 is 17.9 Å². The van der Waals surface area contributed by atoms with E-state index in [-0.39, 0.29) is 42.7 Å². The van der Waals surface area contributed by atoms with Gasteiger partial charge in [-0.25, -0.2) is 4.79 Å². The van der Waals surface area contributed by atoms with E-state index < -0.39 is 18.1 Å². The molecule has 0 radical (unpaired) electrons. The van der Waals surface area contributed by atoms with Gasteiger partial charge in [0.05, 0.1) is 34.4 Å². The highest BCUT2D eigenvalue weighted by Gasteiger charge is 2.31. The quantitative estimate of drug-likeness (QED) is 0.0331. The lowest BCUT2D eigenvalue weighted by atomic mass is 10.1. The lowest BCUT2D eigenvalue weighted by molar-refractivity contribution is -0.887. The van der Waals surface area contributed by atoms with Crippen molar-refractivity contribution in [3.63, 3.8) is 0 Å². The molecule has 47 heavy (non-hydrogen) atoms. The van der Waals surface area contributed by atoms with Gasteiger partial charge in [-0.15, -0.1) is 0 Å². The van der Waals surface area contributed by atoms with Gasteiger partial charge in [0.25, 0.3) is 0 Å². The van der Waals surface area contributed by atoms with Crippen molar-refractivity contribution in [1.29, 1.82) is 0 Å². The van der Waals surface area contributed by atoms with Crippen molar-refractivity contribution in [2.75, 3.05) is 41.0 Å². The van der Waals surface area contributed by atoms with Gasteiger partial charge < -0.3 is 23.8 Å². The Hall–Kier alpha value is -2.45. The molecular weight excluding hydrogens is 594 g/mol. The average molecular weight is 665 g/mol. The first-order valence-electron chi connectivity index (χ1n) is 18.5. The lowest BCUT2D eigenvalue weighted by Crippen LogP contribution is -2.50. The Morgan fingerprint density at radius 1 is 0.660 bits per heavy atom. The van der Waals surface area contributed by atoms with Crippen LogP contribution in [0, 0.1) is 0 Å². The van der Waals surface area contributed by atoms with Crippen LogP contribution in [0.15, 0.2) is 36.5 Å². The number of carboxylic acid groups (broad SMARTS) is 1. The van der Waals surface area contributed by atoms with Gasteiger partial charge in [-0.1, -0.05) is 102 Å². The molecule has 2 atom stereocenters. The molecule has 8 nitrogen and oxygen atoms in total. The van der Waals surface area contributed by atoms with E-state index in [0.717, 1.165) is 51.4 Å². The number of ether oxygens (including phenoxy) is 3. The number of allylic oxidation sites excluding steroid dienone is 6. The molecule has 0 saturated carbocycles. The summed E-state index contributed by atoms with van der Waals surface area (Å²) in [6.45, 7) is 4.53. The van der Waals surface area contributed by atoms with E-state index in [1.807, 2.05) is 21.1 Å². The van der Waals surface area contributed by atoms with E-state index in [4.69, 9.17) is 14.2 Å². The summed E-state index contributed by atoms with van der Waals surface area (Å²) in [5, 5.41) is 9.56. The topological polar surface area (TPSA) is 99.1 Å². The molecule has 0 rings (SSSR count). The monoisotopic (exact) mass is 665 g/mol. The molecule has 0 saturated heterocycles. The number of carbonyl (C=O) groups excluding carboxylic acids is 2. The predicted octanol–water partition coefficient (Wildman–Crippen LogP) is 9.13. The summed E-state index contributed by atoms with van der Waals surface area (Å²) >= 11 is 0.